The molecule has 4 heteroatoms. The molecule has 1 saturated carbocycles. The highest BCUT2D eigenvalue weighted by Gasteiger charge is 2.54. The highest BCUT2D eigenvalue weighted by atomic mass is 16.7. The number of ketones is 1. The Bertz CT molecular complexity index is 561. The van der Waals surface area contributed by atoms with Gasteiger partial charge in [-0.2, -0.15) is 0 Å². The minimum absolute atomic E-state index is 0.0154. The lowest BCUT2D eigenvalue weighted by Gasteiger charge is -2.44. The zero-order chi connectivity index (χ0) is 17.0. The summed E-state index contributed by atoms with van der Waals surface area (Å²) >= 11 is 0. The lowest BCUT2D eigenvalue weighted by molar-refractivity contribution is -0.189. The van der Waals surface area contributed by atoms with Crippen LogP contribution in [-0.2, 0) is 14.4 Å². The minimum atomic E-state index is -0.316. The molecule has 1 aliphatic carbocycles. The van der Waals surface area contributed by atoms with E-state index >= 15 is 0 Å². The monoisotopic (exact) mass is 319 g/mol. The Morgan fingerprint density at radius 1 is 1.39 bits per heavy atom. The molecule has 2 fully saturated rings. The molecular weight excluding hydrogens is 290 g/mol. The summed E-state index contributed by atoms with van der Waals surface area (Å²) < 4.78 is 6.28. The van der Waals surface area contributed by atoms with Gasteiger partial charge in [0.2, 0.25) is 0 Å². The van der Waals surface area contributed by atoms with E-state index in [0.29, 0.717) is 18.8 Å². The summed E-state index contributed by atoms with van der Waals surface area (Å²) in [7, 11) is 0. The third-order valence-corrected chi connectivity index (χ3v) is 5.13. The molecular formula is C19H29NO3. The number of carbonyl (C=O) groups is 1. The van der Waals surface area contributed by atoms with Crippen LogP contribution in [0, 0.1) is 11.3 Å². The van der Waals surface area contributed by atoms with Gasteiger partial charge >= 0.3 is 0 Å². The highest BCUT2D eigenvalue weighted by Crippen LogP contribution is 2.50. The van der Waals surface area contributed by atoms with Gasteiger partial charge in [-0.15, -0.1) is 0 Å². The fourth-order valence-corrected chi connectivity index (χ4v) is 4.28. The van der Waals surface area contributed by atoms with Crippen molar-refractivity contribution in [3.05, 3.63) is 23.9 Å². The minimum Gasteiger partial charge on any atom is -0.363 e. The molecule has 3 aliphatic rings. The number of hydroxylamine groups is 2. The zero-order valence-electron chi connectivity index (χ0n) is 15.0. The first kappa shape index (κ1) is 16.7. The Morgan fingerprint density at radius 2 is 2.09 bits per heavy atom. The summed E-state index contributed by atoms with van der Waals surface area (Å²) in [6.07, 6.45) is 4.42. The molecule has 0 spiro atoms. The van der Waals surface area contributed by atoms with Crippen LogP contribution in [0.1, 0.15) is 53.9 Å². The van der Waals surface area contributed by atoms with E-state index in [0.717, 1.165) is 24.1 Å². The van der Waals surface area contributed by atoms with Crippen molar-refractivity contribution in [1.29, 1.82) is 0 Å². The van der Waals surface area contributed by atoms with Crippen molar-refractivity contribution >= 4 is 5.78 Å². The second-order valence-electron chi connectivity index (χ2n) is 8.46. The van der Waals surface area contributed by atoms with Gasteiger partial charge < -0.3 is 4.74 Å². The number of Topliss-reactive ketones (excluding diaryl/α,β-unsaturated/α-hetero) is 1. The maximum Gasteiger partial charge on any atom is 0.143 e. The standard InChI is InChI=1S/C19H29NO3/c1-7-8-22-20-12(2)17-13(9-19(20,5)6)16-14(21)10-18(3,4)11-15(16)23-17/h9,15-17H,2,7-8,10-11H2,1,3-6H3. The van der Waals surface area contributed by atoms with E-state index in [-0.39, 0.29) is 29.1 Å². The molecule has 4 nitrogen and oxygen atoms in total. The average Bonchev–Trinajstić information content (AvgIpc) is 2.74. The Hall–Kier alpha value is -1.13. The number of rotatable bonds is 3. The van der Waals surface area contributed by atoms with Crippen molar-refractivity contribution < 1.29 is 14.4 Å². The van der Waals surface area contributed by atoms with Gasteiger partial charge in [-0.05, 0) is 37.7 Å². The normalized spacial score (nSPS) is 34.9. The maximum absolute atomic E-state index is 12.7. The van der Waals surface area contributed by atoms with Crippen LogP contribution in [0.2, 0.25) is 0 Å². The molecule has 3 rings (SSSR count). The molecule has 0 bridgehead atoms. The van der Waals surface area contributed by atoms with E-state index in [1.54, 1.807) is 0 Å². The lowest BCUT2D eigenvalue weighted by Crippen LogP contribution is -2.48. The van der Waals surface area contributed by atoms with Gasteiger partial charge in [-0.1, -0.05) is 33.4 Å². The number of fused-ring (bicyclic) bond motifs is 3. The summed E-state index contributed by atoms with van der Waals surface area (Å²) in [5.41, 5.74) is 1.62. The predicted molar refractivity (Wildman–Crippen MR) is 89.6 cm³/mol. The summed E-state index contributed by atoms with van der Waals surface area (Å²) in [5.74, 6) is 0.212. The van der Waals surface area contributed by atoms with E-state index in [4.69, 9.17) is 9.57 Å². The smallest absolute Gasteiger partial charge is 0.143 e. The Morgan fingerprint density at radius 3 is 2.74 bits per heavy atom. The summed E-state index contributed by atoms with van der Waals surface area (Å²) in [6.45, 7) is 15.5. The van der Waals surface area contributed by atoms with Crippen LogP contribution in [0.25, 0.3) is 0 Å². The van der Waals surface area contributed by atoms with E-state index < -0.39 is 0 Å². The summed E-state index contributed by atoms with van der Waals surface area (Å²) in [5, 5.41) is 1.87. The van der Waals surface area contributed by atoms with Crippen LogP contribution in [0.5, 0.6) is 0 Å². The van der Waals surface area contributed by atoms with Gasteiger partial charge in [-0.3, -0.25) is 9.63 Å². The van der Waals surface area contributed by atoms with Gasteiger partial charge in [0, 0.05) is 6.42 Å². The highest BCUT2D eigenvalue weighted by molar-refractivity contribution is 5.87. The van der Waals surface area contributed by atoms with Crippen molar-refractivity contribution in [2.75, 3.05) is 6.61 Å². The molecule has 0 aromatic heterocycles. The van der Waals surface area contributed by atoms with Gasteiger partial charge in [-0.25, -0.2) is 5.06 Å². The zero-order valence-corrected chi connectivity index (χ0v) is 15.0. The second-order valence-corrected chi connectivity index (χ2v) is 8.46. The molecule has 3 atom stereocenters. The van der Waals surface area contributed by atoms with Crippen molar-refractivity contribution in [3.8, 4) is 0 Å². The molecule has 1 saturated heterocycles. The fourth-order valence-electron chi connectivity index (χ4n) is 4.28. The second kappa shape index (κ2) is 5.45. The molecule has 3 unspecified atom stereocenters. The van der Waals surface area contributed by atoms with Crippen molar-refractivity contribution in [2.45, 2.75) is 71.6 Å². The summed E-state index contributed by atoms with van der Waals surface area (Å²) in [6, 6.07) is 0. The van der Waals surface area contributed by atoms with Crippen LogP contribution in [0.4, 0.5) is 0 Å². The van der Waals surface area contributed by atoms with Gasteiger partial charge in [0.15, 0.2) is 0 Å². The Labute approximate surface area is 139 Å². The molecule has 128 valence electrons. The van der Waals surface area contributed by atoms with Crippen LogP contribution in [0.3, 0.4) is 0 Å². The van der Waals surface area contributed by atoms with Gasteiger partial charge in [0.25, 0.3) is 0 Å². The number of nitrogens with zero attached hydrogens (tertiary/aromatic N) is 1. The first-order valence-electron chi connectivity index (χ1n) is 8.69. The van der Waals surface area contributed by atoms with Crippen LogP contribution in [0.15, 0.2) is 23.9 Å². The summed E-state index contributed by atoms with van der Waals surface area (Å²) in [4.78, 5) is 18.6. The fraction of sp³-hybridized carbons (Fsp3) is 0.737. The maximum atomic E-state index is 12.7. The van der Waals surface area contributed by atoms with Crippen molar-refractivity contribution in [1.82, 2.24) is 5.06 Å². The third-order valence-electron chi connectivity index (χ3n) is 5.13. The molecule has 0 aromatic carbocycles. The SMILES string of the molecule is C=C1C2OC3CC(C)(C)CC(=O)C3C2=CC(C)(C)N1OCCC. The molecule has 0 radical (unpaired) electrons. The molecule has 0 aromatic rings. The van der Waals surface area contributed by atoms with Gasteiger partial charge in [0.05, 0.1) is 29.9 Å². The van der Waals surface area contributed by atoms with E-state index in [1.807, 2.05) is 5.06 Å². The number of carbonyl (C=O) groups excluding carboxylic acids is 1. The van der Waals surface area contributed by atoms with Crippen LogP contribution >= 0.6 is 0 Å². The largest absolute Gasteiger partial charge is 0.363 e. The molecule has 2 aliphatic heterocycles. The van der Waals surface area contributed by atoms with Crippen LogP contribution < -0.4 is 0 Å². The molecule has 0 N–H and O–H groups in total. The lowest BCUT2D eigenvalue weighted by atomic mass is 9.68. The topological polar surface area (TPSA) is 38.8 Å². The number of ether oxygens (including phenoxy) is 1. The molecule has 0 amide bonds. The predicted octanol–water partition coefficient (Wildman–Crippen LogP) is 3.64. The quantitative estimate of drug-likeness (QED) is 0.745. The first-order valence-corrected chi connectivity index (χ1v) is 8.69. The Balaban J connectivity index is 1.93. The number of hydrogen-bond acceptors (Lipinski definition) is 4. The molecule has 23 heavy (non-hydrogen) atoms. The van der Waals surface area contributed by atoms with E-state index in [9.17, 15) is 4.79 Å². The van der Waals surface area contributed by atoms with E-state index in [2.05, 4.69) is 47.3 Å². The molecule has 2 heterocycles. The Kier molecular flexibility index (Phi) is 3.96. The van der Waals surface area contributed by atoms with Crippen molar-refractivity contribution in [3.63, 3.8) is 0 Å². The number of hydrogen-bond donors (Lipinski definition) is 0. The average molecular weight is 319 g/mol. The van der Waals surface area contributed by atoms with E-state index in [1.165, 1.54) is 0 Å². The van der Waals surface area contributed by atoms with Crippen molar-refractivity contribution in [2.24, 2.45) is 11.3 Å². The van der Waals surface area contributed by atoms with Gasteiger partial charge in [0.1, 0.15) is 11.9 Å². The first-order chi connectivity index (χ1) is 10.7. The van der Waals surface area contributed by atoms with Crippen LogP contribution in [-0.4, -0.2) is 35.2 Å². The third kappa shape index (κ3) is 2.76.